The fourth-order valence-corrected chi connectivity index (χ4v) is 3.33. The van der Waals surface area contributed by atoms with Gasteiger partial charge in [0.2, 0.25) is 5.79 Å². The van der Waals surface area contributed by atoms with Gasteiger partial charge in [-0.1, -0.05) is 0 Å². The summed E-state index contributed by atoms with van der Waals surface area (Å²) in [6, 6.07) is -1.34. The fourth-order valence-electron chi connectivity index (χ4n) is 3.33. The van der Waals surface area contributed by atoms with E-state index in [9.17, 15) is 15.0 Å². The van der Waals surface area contributed by atoms with Crippen molar-refractivity contribution in [1.29, 1.82) is 10.8 Å². The van der Waals surface area contributed by atoms with Crippen LogP contribution in [-0.2, 0) is 4.74 Å². The number of amides is 1. The van der Waals surface area contributed by atoms with E-state index in [-0.39, 0.29) is 31.5 Å². The molecule has 3 atom stereocenters. The maximum Gasteiger partial charge on any atom is 0.404 e. The summed E-state index contributed by atoms with van der Waals surface area (Å²) in [5, 5.41) is 44.7. The minimum atomic E-state index is -2.15. The standard InChI is InChI=1S/C10H17N7O4/c11-6-15-5-4(3-21-8(13)18)14-7(12)17-2-1-9(19,20)10(5,17)16-6/h4-5,19-20H,1-3H2,(H2,12,14)(H2,13,18)(H3,11,15,16)/t4-,5?,10-/m0/s1. The van der Waals surface area contributed by atoms with Crippen LogP contribution in [0.2, 0.25) is 0 Å². The predicted molar refractivity (Wildman–Crippen MR) is 69.2 cm³/mol. The van der Waals surface area contributed by atoms with Crippen molar-refractivity contribution in [1.82, 2.24) is 20.9 Å². The molecule has 9 N–H and O–H groups in total. The molecule has 3 aliphatic heterocycles. The normalized spacial score (nSPS) is 36.2. The first-order valence-corrected chi connectivity index (χ1v) is 6.41. The first-order valence-electron chi connectivity index (χ1n) is 6.41. The van der Waals surface area contributed by atoms with E-state index in [1.54, 1.807) is 0 Å². The third-order valence-electron chi connectivity index (χ3n) is 4.19. The number of hydrogen-bond donors (Lipinski definition) is 8. The molecule has 0 aromatic heterocycles. The molecular weight excluding hydrogens is 282 g/mol. The number of ether oxygens (including phenoxy) is 1. The molecule has 0 bridgehead atoms. The van der Waals surface area contributed by atoms with Gasteiger partial charge in [0.25, 0.3) is 0 Å². The Morgan fingerprint density at radius 2 is 2.19 bits per heavy atom. The van der Waals surface area contributed by atoms with E-state index >= 15 is 0 Å². The average Bonchev–Trinajstić information content (AvgIpc) is 2.85. The minimum Gasteiger partial charge on any atom is -0.447 e. The maximum atomic E-state index is 10.8. The zero-order chi connectivity index (χ0) is 15.4. The summed E-state index contributed by atoms with van der Waals surface area (Å²) in [7, 11) is 0. The quantitative estimate of drug-likeness (QED) is 0.242. The Labute approximate surface area is 119 Å². The van der Waals surface area contributed by atoms with Crippen LogP contribution >= 0.6 is 0 Å². The molecule has 3 rings (SSSR count). The lowest BCUT2D eigenvalue weighted by Gasteiger charge is -2.51. The smallest absolute Gasteiger partial charge is 0.404 e. The number of hydrogen-bond acceptors (Lipinski definition) is 6. The molecule has 0 radical (unpaired) electrons. The van der Waals surface area contributed by atoms with Gasteiger partial charge in [-0.25, -0.2) is 4.79 Å². The molecule has 0 aromatic rings. The van der Waals surface area contributed by atoms with Crippen LogP contribution in [0.3, 0.4) is 0 Å². The molecule has 1 unspecified atom stereocenters. The third kappa shape index (κ3) is 1.70. The van der Waals surface area contributed by atoms with Gasteiger partial charge in [0.1, 0.15) is 6.61 Å². The van der Waals surface area contributed by atoms with Gasteiger partial charge in [-0.05, 0) is 0 Å². The first-order chi connectivity index (χ1) is 9.78. The van der Waals surface area contributed by atoms with Crippen LogP contribution in [0.5, 0.6) is 0 Å². The van der Waals surface area contributed by atoms with Gasteiger partial charge in [0.05, 0.1) is 12.1 Å². The van der Waals surface area contributed by atoms with Crippen LogP contribution in [0.15, 0.2) is 0 Å². The van der Waals surface area contributed by atoms with Gasteiger partial charge in [-0.15, -0.1) is 0 Å². The van der Waals surface area contributed by atoms with E-state index in [1.807, 2.05) is 0 Å². The van der Waals surface area contributed by atoms with E-state index in [0.29, 0.717) is 0 Å². The molecule has 21 heavy (non-hydrogen) atoms. The van der Waals surface area contributed by atoms with Gasteiger partial charge in [-0.3, -0.25) is 10.8 Å². The zero-order valence-corrected chi connectivity index (χ0v) is 11.0. The number of rotatable bonds is 2. The van der Waals surface area contributed by atoms with Crippen LogP contribution in [0.25, 0.3) is 0 Å². The van der Waals surface area contributed by atoms with Gasteiger partial charge in [0.15, 0.2) is 17.6 Å². The van der Waals surface area contributed by atoms with Gasteiger partial charge < -0.3 is 41.5 Å². The Kier molecular flexibility index (Phi) is 2.68. The highest BCUT2D eigenvalue weighted by Crippen LogP contribution is 2.42. The highest BCUT2D eigenvalue weighted by molar-refractivity contribution is 5.87. The molecule has 3 fully saturated rings. The molecule has 0 saturated carbocycles. The molecule has 11 heteroatoms. The van der Waals surface area contributed by atoms with E-state index in [1.165, 1.54) is 4.90 Å². The molecule has 116 valence electrons. The molecule has 0 aliphatic carbocycles. The molecule has 1 spiro atoms. The summed E-state index contributed by atoms with van der Waals surface area (Å²) in [6.07, 6.45) is -0.953. The van der Waals surface area contributed by atoms with E-state index in [4.69, 9.17) is 21.3 Å². The zero-order valence-electron chi connectivity index (χ0n) is 11.0. The second-order valence-corrected chi connectivity index (χ2v) is 5.34. The van der Waals surface area contributed by atoms with Crippen LogP contribution in [0.1, 0.15) is 6.42 Å². The van der Waals surface area contributed by atoms with Crippen molar-refractivity contribution in [2.24, 2.45) is 5.73 Å². The highest BCUT2D eigenvalue weighted by Gasteiger charge is 2.70. The van der Waals surface area contributed by atoms with Gasteiger partial charge in [0, 0.05) is 13.0 Å². The van der Waals surface area contributed by atoms with Crippen LogP contribution in [0, 0.1) is 10.8 Å². The number of carbonyl (C=O) groups is 1. The van der Waals surface area contributed by atoms with Crippen molar-refractivity contribution in [3.63, 3.8) is 0 Å². The molecule has 11 nitrogen and oxygen atoms in total. The lowest BCUT2D eigenvalue weighted by Crippen LogP contribution is -2.80. The van der Waals surface area contributed by atoms with Crippen LogP contribution in [0.4, 0.5) is 4.79 Å². The van der Waals surface area contributed by atoms with E-state index in [0.717, 1.165) is 0 Å². The molecule has 3 heterocycles. The average molecular weight is 299 g/mol. The molecular formula is C10H17N7O4. The van der Waals surface area contributed by atoms with Crippen molar-refractivity contribution in [2.45, 2.75) is 30.0 Å². The summed E-state index contributed by atoms with van der Waals surface area (Å²) in [5.74, 6) is -2.29. The Morgan fingerprint density at radius 1 is 1.48 bits per heavy atom. The topological polar surface area (TPSA) is 180 Å². The van der Waals surface area contributed by atoms with Crippen molar-refractivity contribution in [2.75, 3.05) is 13.2 Å². The number of aliphatic hydroxyl groups is 2. The molecule has 0 aromatic carbocycles. The lowest BCUT2D eigenvalue weighted by molar-refractivity contribution is -0.223. The van der Waals surface area contributed by atoms with Crippen molar-refractivity contribution in [3.8, 4) is 0 Å². The second-order valence-electron chi connectivity index (χ2n) is 5.34. The SMILES string of the molecule is N=C1NC2[C@H](COC(N)=O)NC(=N)N3CCC(O)(O)[C@]23N1. The Bertz CT molecular complexity index is 524. The summed E-state index contributed by atoms with van der Waals surface area (Å²) in [4.78, 5) is 12.2. The number of guanidine groups is 2. The lowest BCUT2D eigenvalue weighted by atomic mass is 9.86. The van der Waals surface area contributed by atoms with Gasteiger partial charge >= 0.3 is 6.09 Å². The molecule has 3 aliphatic rings. The Morgan fingerprint density at radius 3 is 2.86 bits per heavy atom. The fraction of sp³-hybridized carbons (Fsp3) is 0.700. The molecule has 3 saturated heterocycles. The number of nitrogens with zero attached hydrogens (tertiary/aromatic N) is 1. The maximum absolute atomic E-state index is 10.8. The summed E-state index contributed by atoms with van der Waals surface area (Å²) in [6.45, 7) is 0.0662. The van der Waals surface area contributed by atoms with Gasteiger partial charge in [-0.2, -0.15) is 0 Å². The number of primary amides is 1. The summed E-state index contributed by atoms with van der Waals surface area (Å²) >= 11 is 0. The summed E-state index contributed by atoms with van der Waals surface area (Å²) in [5.41, 5.74) is 3.48. The highest BCUT2D eigenvalue weighted by atomic mass is 16.5. The number of nitrogens with two attached hydrogens (primary N) is 1. The van der Waals surface area contributed by atoms with Crippen molar-refractivity contribution >= 4 is 18.0 Å². The monoisotopic (exact) mass is 299 g/mol. The molecule has 1 amide bonds. The van der Waals surface area contributed by atoms with Crippen molar-refractivity contribution < 1.29 is 19.7 Å². The largest absolute Gasteiger partial charge is 0.447 e. The summed E-state index contributed by atoms with van der Waals surface area (Å²) < 4.78 is 4.75. The second kappa shape index (κ2) is 4.11. The number of carbonyl (C=O) groups excluding carboxylic acids is 1. The minimum absolute atomic E-state index is 0.0128. The third-order valence-corrected chi connectivity index (χ3v) is 4.19. The first kappa shape index (κ1) is 13.7. The van der Waals surface area contributed by atoms with E-state index < -0.39 is 29.6 Å². The van der Waals surface area contributed by atoms with Crippen LogP contribution < -0.4 is 21.7 Å². The predicted octanol–water partition coefficient (Wildman–Crippen LogP) is -3.43. The van der Waals surface area contributed by atoms with E-state index in [2.05, 4.69) is 16.0 Å². The Hall–Kier alpha value is -2.27. The number of nitrogens with one attached hydrogen (secondary N) is 5. The van der Waals surface area contributed by atoms with Crippen molar-refractivity contribution in [3.05, 3.63) is 0 Å². The van der Waals surface area contributed by atoms with Crippen LogP contribution in [-0.4, -0.2) is 69.8 Å². The Balaban J connectivity index is 1.97.